The predicted octanol–water partition coefficient (Wildman–Crippen LogP) is 0.0116. The third-order valence-corrected chi connectivity index (χ3v) is 3.60. The summed E-state index contributed by atoms with van der Waals surface area (Å²) in [6.07, 6.45) is 4.57. The lowest BCUT2D eigenvalue weighted by atomic mass is 9.96. The summed E-state index contributed by atoms with van der Waals surface area (Å²) < 4.78 is 4.10. The van der Waals surface area contributed by atoms with Gasteiger partial charge in [-0.1, -0.05) is 12.2 Å². The second kappa shape index (κ2) is 2.66. The van der Waals surface area contributed by atoms with Crippen LogP contribution in [0.25, 0.3) is 0 Å². The Morgan fingerprint density at radius 2 is 1.93 bits per heavy atom. The SMILES string of the molecule is Cn1c(=O)n2n(c1=O)C1C=CC2CC1Cl. The molecule has 0 saturated heterocycles. The van der Waals surface area contributed by atoms with Crippen LogP contribution in [-0.4, -0.2) is 19.3 Å². The van der Waals surface area contributed by atoms with Crippen LogP contribution in [0.1, 0.15) is 18.5 Å². The van der Waals surface area contributed by atoms with Gasteiger partial charge < -0.3 is 0 Å². The average molecular weight is 228 g/mol. The predicted molar refractivity (Wildman–Crippen MR) is 55.4 cm³/mol. The summed E-state index contributed by atoms with van der Waals surface area (Å²) in [5, 5.41) is -0.0977. The van der Waals surface area contributed by atoms with Crippen molar-refractivity contribution >= 4 is 11.6 Å². The minimum atomic E-state index is -0.287. The second-order valence-corrected chi connectivity index (χ2v) is 4.57. The summed E-state index contributed by atoms with van der Waals surface area (Å²) in [6.45, 7) is 0. The van der Waals surface area contributed by atoms with Crippen LogP contribution in [0.4, 0.5) is 0 Å². The van der Waals surface area contributed by atoms with Crippen LogP contribution in [-0.2, 0) is 7.05 Å². The fraction of sp³-hybridized carbons (Fsp3) is 0.556. The third-order valence-electron chi connectivity index (χ3n) is 3.16. The molecule has 15 heavy (non-hydrogen) atoms. The summed E-state index contributed by atoms with van der Waals surface area (Å²) in [7, 11) is 1.49. The standard InChI is InChI=1S/C9H10ClN3O2/c1-11-8(14)12-5-2-3-7(6(10)4-5)13(12)9(11)15/h2-3,5-7H,4H2,1H3. The van der Waals surface area contributed by atoms with Crippen molar-refractivity contribution in [2.75, 3.05) is 0 Å². The summed E-state index contributed by atoms with van der Waals surface area (Å²) in [4.78, 5) is 23.5. The van der Waals surface area contributed by atoms with Crippen molar-refractivity contribution in [1.82, 2.24) is 13.9 Å². The lowest BCUT2D eigenvalue weighted by Gasteiger charge is -2.36. The first-order chi connectivity index (χ1) is 7.11. The third kappa shape index (κ3) is 0.937. The maximum absolute atomic E-state index is 11.8. The molecule has 3 aliphatic rings. The van der Waals surface area contributed by atoms with E-state index in [0.717, 1.165) is 4.57 Å². The van der Waals surface area contributed by atoms with Crippen molar-refractivity contribution in [1.29, 1.82) is 0 Å². The topological polar surface area (TPSA) is 48.9 Å². The summed E-state index contributed by atoms with van der Waals surface area (Å²) >= 11 is 6.14. The van der Waals surface area contributed by atoms with Crippen LogP contribution in [0.3, 0.4) is 0 Å². The van der Waals surface area contributed by atoms with Crippen molar-refractivity contribution in [2.24, 2.45) is 7.05 Å². The molecule has 0 spiro atoms. The van der Waals surface area contributed by atoms with Gasteiger partial charge in [0.15, 0.2) is 0 Å². The van der Waals surface area contributed by atoms with Crippen LogP contribution in [0.15, 0.2) is 21.7 Å². The van der Waals surface area contributed by atoms with Gasteiger partial charge >= 0.3 is 11.4 Å². The zero-order valence-corrected chi connectivity index (χ0v) is 8.89. The fourth-order valence-corrected chi connectivity index (χ4v) is 2.75. The fourth-order valence-electron chi connectivity index (χ4n) is 2.37. The number of alkyl halides is 1. The number of hydrogen-bond acceptors (Lipinski definition) is 2. The molecule has 0 aromatic carbocycles. The zero-order chi connectivity index (χ0) is 10.7. The molecule has 6 heteroatoms. The van der Waals surface area contributed by atoms with Crippen molar-refractivity contribution in [3.8, 4) is 0 Å². The molecular formula is C9H10ClN3O2. The van der Waals surface area contributed by atoms with E-state index in [9.17, 15) is 9.59 Å². The van der Waals surface area contributed by atoms with Crippen LogP contribution >= 0.6 is 11.6 Å². The monoisotopic (exact) mass is 227 g/mol. The Balaban J connectivity index is 2.40. The van der Waals surface area contributed by atoms with Crippen LogP contribution in [0.2, 0.25) is 0 Å². The highest BCUT2D eigenvalue weighted by atomic mass is 35.5. The first-order valence-corrected chi connectivity index (χ1v) is 5.27. The molecular weight excluding hydrogens is 218 g/mol. The Labute approximate surface area is 90.2 Å². The molecule has 0 N–H and O–H groups in total. The molecule has 80 valence electrons. The molecule has 1 aromatic heterocycles. The van der Waals surface area contributed by atoms with Gasteiger partial charge in [0.2, 0.25) is 0 Å². The molecule has 1 aromatic rings. The molecule has 3 heterocycles. The van der Waals surface area contributed by atoms with E-state index in [2.05, 4.69) is 0 Å². The van der Waals surface area contributed by atoms with E-state index in [0.29, 0.717) is 6.42 Å². The Kier molecular flexibility index (Phi) is 1.60. The van der Waals surface area contributed by atoms with E-state index in [1.807, 2.05) is 12.2 Å². The lowest BCUT2D eigenvalue weighted by molar-refractivity contribution is 0.262. The number of hydrogen-bond donors (Lipinski definition) is 0. The quantitative estimate of drug-likeness (QED) is 0.463. The van der Waals surface area contributed by atoms with Crippen LogP contribution < -0.4 is 11.4 Å². The van der Waals surface area contributed by atoms with Gasteiger partial charge in [-0.3, -0.25) is 0 Å². The number of rotatable bonds is 0. The van der Waals surface area contributed by atoms with E-state index in [4.69, 9.17) is 11.6 Å². The van der Waals surface area contributed by atoms with Crippen molar-refractivity contribution in [3.05, 3.63) is 33.1 Å². The average Bonchev–Trinajstić information content (AvgIpc) is 2.46. The molecule has 2 aliphatic heterocycles. The molecule has 0 fully saturated rings. The molecule has 1 aliphatic carbocycles. The van der Waals surface area contributed by atoms with E-state index in [1.54, 1.807) is 0 Å². The number of allylic oxidation sites excluding steroid dienone is 2. The van der Waals surface area contributed by atoms with Crippen molar-refractivity contribution < 1.29 is 0 Å². The summed E-state index contributed by atoms with van der Waals surface area (Å²) in [5.74, 6) is 0. The maximum Gasteiger partial charge on any atom is 0.347 e. The molecule has 2 bridgehead atoms. The van der Waals surface area contributed by atoms with E-state index >= 15 is 0 Å². The van der Waals surface area contributed by atoms with Gasteiger partial charge in [0, 0.05) is 7.05 Å². The molecule has 0 saturated carbocycles. The van der Waals surface area contributed by atoms with Gasteiger partial charge in [0.05, 0.1) is 17.5 Å². The number of nitrogens with zero attached hydrogens (tertiary/aromatic N) is 3. The molecule has 4 rings (SSSR count). The van der Waals surface area contributed by atoms with Crippen LogP contribution in [0.5, 0.6) is 0 Å². The van der Waals surface area contributed by atoms with E-state index < -0.39 is 0 Å². The maximum atomic E-state index is 11.8. The number of aromatic nitrogens is 3. The van der Waals surface area contributed by atoms with E-state index in [-0.39, 0.29) is 28.8 Å². The largest absolute Gasteiger partial charge is 0.347 e. The number of halogens is 1. The Morgan fingerprint density at radius 1 is 1.27 bits per heavy atom. The highest BCUT2D eigenvalue weighted by Gasteiger charge is 2.38. The second-order valence-electron chi connectivity index (χ2n) is 4.01. The van der Waals surface area contributed by atoms with E-state index in [1.165, 1.54) is 16.4 Å². The van der Waals surface area contributed by atoms with Gasteiger partial charge in [-0.25, -0.2) is 23.5 Å². The molecule has 3 atom stereocenters. The highest BCUT2D eigenvalue weighted by molar-refractivity contribution is 6.21. The first-order valence-electron chi connectivity index (χ1n) is 4.83. The van der Waals surface area contributed by atoms with Crippen molar-refractivity contribution in [3.63, 3.8) is 0 Å². The molecule has 0 radical (unpaired) electrons. The van der Waals surface area contributed by atoms with Crippen LogP contribution in [0, 0.1) is 0 Å². The Bertz CT molecular complexity index is 565. The van der Waals surface area contributed by atoms with Gasteiger partial charge in [0.1, 0.15) is 0 Å². The Hall–Kier alpha value is -1.23. The minimum Gasteiger partial charge on any atom is -0.246 e. The summed E-state index contributed by atoms with van der Waals surface area (Å²) in [6, 6.07) is -0.253. The highest BCUT2D eigenvalue weighted by Crippen LogP contribution is 2.36. The molecule has 3 unspecified atom stereocenters. The Morgan fingerprint density at radius 3 is 2.60 bits per heavy atom. The first kappa shape index (κ1) is 9.03. The van der Waals surface area contributed by atoms with Gasteiger partial charge in [0.25, 0.3) is 0 Å². The smallest absolute Gasteiger partial charge is 0.246 e. The minimum absolute atomic E-state index is 0.0705. The molecule has 0 amide bonds. The number of fused-ring (bicyclic) bond motifs is 1. The lowest BCUT2D eigenvalue weighted by Crippen LogP contribution is -2.44. The summed E-state index contributed by atoms with van der Waals surface area (Å²) in [5.41, 5.74) is -0.549. The normalized spacial score (nSPS) is 32.0. The van der Waals surface area contributed by atoms with Gasteiger partial charge in [-0.2, -0.15) is 0 Å². The molecule has 5 nitrogen and oxygen atoms in total. The van der Waals surface area contributed by atoms with Gasteiger partial charge in [-0.15, -0.1) is 11.6 Å². The van der Waals surface area contributed by atoms with Gasteiger partial charge in [-0.05, 0) is 6.42 Å². The van der Waals surface area contributed by atoms with Crippen molar-refractivity contribution in [2.45, 2.75) is 23.9 Å². The zero-order valence-electron chi connectivity index (χ0n) is 8.13.